The molecule has 1 rings (SSSR count). The Morgan fingerprint density at radius 3 is 2.74 bits per heavy atom. The quantitative estimate of drug-likeness (QED) is 0.872. The van der Waals surface area contributed by atoms with Gasteiger partial charge in [0, 0.05) is 24.5 Å². The van der Waals surface area contributed by atoms with Crippen LogP contribution in [0.4, 0.5) is 4.79 Å². The first-order valence-corrected chi connectivity index (χ1v) is 7.25. The number of rotatable bonds is 5. The lowest BCUT2D eigenvalue weighted by Gasteiger charge is -2.21. The Labute approximate surface area is 118 Å². The van der Waals surface area contributed by atoms with Crippen molar-refractivity contribution in [2.24, 2.45) is 0 Å². The van der Waals surface area contributed by atoms with Gasteiger partial charge in [0.05, 0.1) is 10.7 Å². The van der Waals surface area contributed by atoms with Crippen molar-refractivity contribution in [1.82, 2.24) is 15.6 Å². The number of hydrogen-bond donors (Lipinski definition) is 2. The Morgan fingerprint density at radius 2 is 2.21 bits per heavy atom. The van der Waals surface area contributed by atoms with Crippen LogP contribution in [0.3, 0.4) is 0 Å². The summed E-state index contributed by atoms with van der Waals surface area (Å²) in [4.78, 5) is 15.8. The normalized spacial score (nSPS) is 13.1. The smallest absolute Gasteiger partial charge is 0.407 e. The number of carbonyl (C=O) groups is 1. The molecule has 1 unspecified atom stereocenters. The second-order valence-corrected chi connectivity index (χ2v) is 6.58. The maximum Gasteiger partial charge on any atom is 0.407 e. The molecule has 0 radical (unpaired) electrons. The zero-order valence-electron chi connectivity index (χ0n) is 12.2. The largest absolute Gasteiger partial charge is 0.444 e. The summed E-state index contributed by atoms with van der Waals surface area (Å²) >= 11 is 1.64. The summed E-state index contributed by atoms with van der Waals surface area (Å²) in [6.07, 6.45) is -0.384. The highest BCUT2D eigenvalue weighted by Gasteiger charge is 2.16. The number of aromatic nitrogens is 1. The van der Waals surface area contributed by atoms with Crippen LogP contribution in [0.5, 0.6) is 0 Å². The number of ether oxygens (including phenoxy) is 1. The lowest BCUT2D eigenvalue weighted by atomic mass is 10.2. The Morgan fingerprint density at radius 1 is 1.53 bits per heavy atom. The summed E-state index contributed by atoms with van der Waals surface area (Å²) in [6, 6.07) is 0.162. The summed E-state index contributed by atoms with van der Waals surface area (Å²) in [5.41, 5.74) is 0.574. The van der Waals surface area contributed by atoms with Crippen molar-refractivity contribution >= 4 is 17.4 Å². The molecule has 0 saturated heterocycles. The molecule has 0 aliphatic heterocycles. The molecule has 19 heavy (non-hydrogen) atoms. The average Bonchev–Trinajstić information content (AvgIpc) is 2.67. The first-order valence-electron chi connectivity index (χ1n) is 6.37. The third kappa shape index (κ3) is 7.12. The van der Waals surface area contributed by atoms with Crippen LogP contribution in [-0.4, -0.2) is 29.3 Å². The molecule has 1 atom stereocenters. The van der Waals surface area contributed by atoms with E-state index >= 15 is 0 Å². The molecule has 0 aliphatic carbocycles. The van der Waals surface area contributed by atoms with E-state index in [0.717, 1.165) is 10.7 Å². The number of amides is 1. The van der Waals surface area contributed by atoms with Crippen molar-refractivity contribution in [3.63, 3.8) is 0 Å². The van der Waals surface area contributed by atoms with Gasteiger partial charge in [-0.3, -0.25) is 0 Å². The zero-order valence-corrected chi connectivity index (χ0v) is 13.1. The van der Waals surface area contributed by atoms with Crippen LogP contribution in [0.1, 0.15) is 38.4 Å². The number of aryl methyl sites for hydroxylation is 1. The number of nitrogens with one attached hydrogen (secondary N) is 2. The van der Waals surface area contributed by atoms with Crippen LogP contribution in [0.2, 0.25) is 0 Å². The molecule has 0 saturated carbocycles. The lowest BCUT2D eigenvalue weighted by molar-refractivity contribution is 0.0523. The molecule has 1 aromatic heterocycles. The van der Waals surface area contributed by atoms with Gasteiger partial charge in [-0.05, 0) is 34.6 Å². The lowest BCUT2D eigenvalue weighted by Crippen LogP contribution is -2.41. The molecule has 0 aromatic carbocycles. The maximum atomic E-state index is 11.5. The van der Waals surface area contributed by atoms with Crippen molar-refractivity contribution in [3.05, 3.63) is 16.1 Å². The highest BCUT2D eigenvalue weighted by molar-refractivity contribution is 7.09. The van der Waals surface area contributed by atoms with Crippen LogP contribution in [0.15, 0.2) is 5.38 Å². The van der Waals surface area contributed by atoms with Crippen molar-refractivity contribution in [3.8, 4) is 0 Å². The van der Waals surface area contributed by atoms with Crippen molar-refractivity contribution < 1.29 is 9.53 Å². The summed E-state index contributed by atoms with van der Waals surface area (Å²) < 4.78 is 5.17. The minimum atomic E-state index is -0.459. The topological polar surface area (TPSA) is 63.2 Å². The van der Waals surface area contributed by atoms with E-state index in [1.165, 1.54) is 0 Å². The van der Waals surface area contributed by atoms with Crippen molar-refractivity contribution in [2.75, 3.05) is 6.54 Å². The van der Waals surface area contributed by atoms with Gasteiger partial charge in [0.2, 0.25) is 0 Å². The number of hydrogen-bond acceptors (Lipinski definition) is 5. The minimum absolute atomic E-state index is 0.162. The molecular formula is C13H23N3O2S. The minimum Gasteiger partial charge on any atom is -0.444 e. The molecule has 2 N–H and O–H groups in total. The highest BCUT2D eigenvalue weighted by atomic mass is 32.1. The number of nitrogens with zero attached hydrogens (tertiary/aromatic N) is 1. The standard InChI is InChI=1S/C13H23N3O2S/c1-9(6-15-12(17)18-13(3,4)5)14-7-11-8-19-10(2)16-11/h8-9,14H,6-7H2,1-5H3,(H,15,17). The second kappa shape index (κ2) is 6.86. The van der Waals surface area contributed by atoms with Crippen molar-refractivity contribution in [1.29, 1.82) is 0 Å². The molecule has 5 nitrogen and oxygen atoms in total. The molecule has 1 aromatic rings. The Bertz CT molecular complexity index is 412. The van der Waals surface area contributed by atoms with Gasteiger partial charge in [0.15, 0.2) is 0 Å². The Balaban J connectivity index is 2.21. The van der Waals surface area contributed by atoms with E-state index < -0.39 is 5.60 Å². The first-order chi connectivity index (χ1) is 8.76. The third-order valence-electron chi connectivity index (χ3n) is 2.25. The number of thiazole rings is 1. The summed E-state index contributed by atoms with van der Waals surface area (Å²) in [6.45, 7) is 10.8. The van der Waals surface area contributed by atoms with Gasteiger partial charge in [-0.15, -0.1) is 11.3 Å². The monoisotopic (exact) mass is 285 g/mol. The fourth-order valence-corrected chi connectivity index (χ4v) is 2.00. The second-order valence-electron chi connectivity index (χ2n) is 5.52. The predicted octanol–water partition coefficient (Wildman–Crippen LogP) is 2.45. The molecule has 6 heteroatoms. The Kier molecular flexibility index (Phi) is 5.75. The van der Waals surface area contributed by atoms with Crippen LogP contribution < -0.4 is 10.6 Å². The van der Waals surface area contributed by atoms with Gasteiger partial charge in [-0.25, -0.2) is 9.78 Å². The van der Waals surface area contributed by atoms with Crippen LogP contribution in [0.25, 0.3) is 0 Å². The fourth-order valence-electron chi connectivity index (χ4n) is 1.39. The fraction of sp³-hybridized carbons (Fsp3) is 0.692. The van der Waals surface area contributed by atoms with Crippen LogP contribution in [0, 0.1) is 6.92 Å². The molecule has 108 valence electrons. The molecule has 1 amide bonds. The van der Waals surface area contributed by atoms with Gasteiger partial charge in [0.1, 0.15) is 5.60 Å². The number of carbonyl (C=O) groups excluding carboxylic acids is 1. The van der Waals surface area contributed by atoms with E-state index in [-0.39, 0.29) is 12.1 Å². The van der Waals surface area contributed by atoms with Gasteiger partial charge >= 0.3 is 6.09 Å². The number of alkyl carbamates (subject to hydrolysis) is 1. The summed E-state index contributed by atoms with van der Waals surface area (Å²) in [7, 11) is 0. The average molecular weight is 285 g/mol. The van der Waals surface area contributed by atoms with Gasteiger partial charge in [0.25, 0.3) is 0 Å². The molecule has 0 aliphatic rings. The van der Waals surface area contributed by atoms with Gasteiger partial charge in [-0.2, -0.15) is 0 Å². The Hall–Kier alpha value is -1.14. The van der Waals surface area contributed by atoms with E-state index in [0.29, 0.717) is 13.1 Å². The summed E-state index contributed by atoms with van der Waals surface area (Å²) in [5, 5.41) is 9.15. The van der Waals surface area contributed by atoms with E-state index in [9.17, 15) is 4.79 Å². The SMILES string of the molecule is Cc1nc(CNC(C)CNC(=O)OC(C)(C)C)cs1. The van der Waals surface area contributed by atoms with Crippen molar-refractivity contribution in [2.45, 2.75) is 52.8 Å². The zero-order chi connectivity index (χ0) is 14.5. The van der Waals surface area contributed by atoms with E-state index in [1.54, 1.807) is 11.3 Å². The first kappa shape index (κ1) is 15.9. The van der Waals surface area contributed by atoms with E-state index in [4.69, 9.17) is 4.74 Å². The maximum absolute atomic E-state index is 11.5. The van der Waals surface area contributed by atoms with Gasteiger partial charge in [-0.1, -0.05) is 0 Å². The molecule has 0 spiro atoms. The molecule has 1 heterocycles. The van der Waals surface area contributed by atoms with E-state index in [1.807, 2.05) is 40.0 Å². The van der Waals surface area contributed by atoms with Gasteiger partial charge < -0.3 is 15.4 Å². The third-order valence-corrected chi connectivity index (χ3v) is 3.07. The van der Waals surface area contributed by atoms with Crippen LogP contribution >= 0.6 is 11.3 Å². The predicted molar refractivity (Wildman–Crippen MR) is 77.4 cm³/mol. The summed E-state index contributed by atoms with van der Waals surface area (Å²) in [5.74, 6) is 0. The van der Waals surface area contributed by atoms with E-state index in [2.05, 4.69) is 15.6 Å². The molecule has 0 bridgehead atoms. The molecule has 0 fully saturated rings. The highest BCUT2D eigenvalue weighted by Crippen LogP contribution is 2.08. The van der Waals surface area contributed by atoms with Crippen LogP contribution in [-0.2, 0) is 11.3 Å². The molecular weight excluding hydrogens is 262 g/mol.